The number of nitrogens with zero attached hydrogens (tertiary/aromatic N) is 3. The molecule has 196 valence electrons. The molecule has 1 unspecified atom stereocenters. The van der Waals surface area contributed by atoms with Crippen molar-refractivity contribution in [2.75, 3.05) is 32.1 Å². The number of amides is 2. The van der Waals surface area contributed by atoms with Gasteiger partial charge >= 0.3 is 0 Å². The van der Waals surface area contributed by atoms with Crippen molar-refractivity contribution in [1.82, 2.24) is 14.8 Å². The summed E-state index contributed by atoms with van der Waals surface area (Å²) in [7, 11) is 1.71. The number of aryl methyl sites for hydroxylation is 1. The maximum absolute atomic E-state index is 13.1. The van der Waals surface area contributed by atoms with Crippen LogP contribution in [-0.4, -0.2) is 60.2 Å². The number of carbonyl (C=O) groups is 2. The van der Waals surface area contributed by atoms with Gasteiger partial charge in [-0.05, 0) is 62.1 Å². The summed E-state index contributed by atoms with van der Waals surface area (Å²) in [6, 6.07) is 13.0. The van der Waals surface area contributed by atoms with Gasteiger partial charge in [-0.15, -0.1) is 11.3 Å². The van der Waals surface area contributed by atoms with Crippen LogP contribution >= 0.6 is 22.9 Å². The number of likely N-dealkylation sites (N-methyl/N-ethyl adjacent to an activating group) is 1. The first kappa shape index (κ1) is 27.1. The third kappa shape index (κ3) is 7.75. The molecule has 1 atom stereocenters. The number of carbonyl (C=O) groups excluding carboxylic acids is 2. The standard InChI is InChI=1S/C27H31ClN4O4S/c1-19-29-23-11-10-22(15-24(23)37-19)30-25(32(18-33)17-20-6-8-21(28)9-7-20)16-26(34)31(2)12-14-36-27-5-3-4-13-35-27/h6-11,15-16,18,27,30H,3-5,12-14,17H2,1-2H3/b25-16-. The second kappa shape index (κ2) is 13.0. The van der Waals surface area contributed by atoms with Gasteiger partial charge in [0.05, 0.1) is 28.4 Å². The SMILES string of the molecule is Cc1nc2ccc(N/C(=C/C(=O)N(C)CCOC3CCCCO3)N(C=O)Cc3ccc(Cl)cc3)cc2s1. The Hall–Kier alpha value is -2.98. The number of thiazole rings is 1. The summed E-state index contributed by atoms with van der Waals surface area (Å²) < 4.78 is 12.4. The Kier molecular flexibility index (Phi) is 9.51. The smallest absolute Gasteiger partial charge is 0.250 e. The number of benzene rings is 2. The second-order valence-corrected chi connectivity index (χ2v) is 10.5. The van der Waals surface area contributed by atoms with Crippen LogP contribution in [0.2, 0.25) is 5.02 Å². The lowest BCUT2D eigenvalue weighted by molar-refractivity contribution is -0.165. The Morgan fingerprint density at radius 2 is 2.08 bits per heavy atom. The van der Waals surface area contributed by atoms with E-state index in [0.29, 0.717) is 37.0 Å². The van der Waals surface area contributed by atoms with Crippen LogP contribution in [0.15, 0.2) is 54.4 Å². The minimum Gasteiger partial charge on any atom is -0.353 e. The maximum atomic E-state index is 13.1. The van der Waals surface area contributed by atoms with Gasteiger partial charge in [0.1, 0.15) is 5.82 Å². The number of hydrogen-bond donors (Lipinski definition) is 1. The Labute approximate surface area is 225 Å². The molecule has 1 aromatic heterocycles. The third-order valence-corrected chi connectivity index (χ3v) is 7.16. The number of halogens is 1. The molecule has 8 nitrogen and oxygen atoms in total. The summed E-state index contributed by atoms with van der Waals surface area (Å²) >= 11 is 7.60. The fourth-order valence-electron chi connectivity index (χ4n) is 3.92. The van der Waals surface area contributed by atoms with Crippen molar-refractivity contribution in [3.63, 3.8) is 0 Å². The highest BCUT2D eigenvalue weighted by molar-refractivity contribution is 7.18. The molecule has 1 fully saturated rings. The molecule has 0 spiro atoms. The van der Waals surface area contributed by atoms with E-state index in [1.165, 1.54) is 11.0 Å². The van der Waals surface area contributed by atoms with E-state index in [2.05, 4.69) is 10.3 Å². The normalized spacial score (nSPS) is 16.0. The van der Waals surface area contributed by atoms with Crippen molar-refractivity contribution in [2.45, 2.75) is 39.0 Å². The summed E-state index contributed by atoms with van der Waals surface area (Å²) in [5, 5.41) is 4.85. The Bertz CT molecular complexity index is 1240. The number of rotatable bonds is 11. The van der Waals surface area contributed by atoms with E-state index < -0.39 is 0 Å². The zero-order valence-electron chi connectivity index (χ0n) is 21.0. The van der Waals surface area contributed by atoms with E-state index in [-0.39, 0.29) is 18.7 Å². The van der Waals surface area contributed by atoms with Crippen molar-refractivity contribution in [2.24, 2.45) is 0 Å². The molecule has 1 N–H and O–H groups in total. The molecule has 4 rings (SSSR count). The van der Waals surface area contributed by atoms with Crippen molar-refractivity contribution in [3.8, 4) is 0 Å². The van der Waals surface area contributed by atoms with Crippen LogP contribution in [0.25, 0.3) is 10.2 Å². The second-order valence-electron chi connectivity index (χ2n) is 8.86. The summed E-state index contributed by atoms with van der Waals surface area (Å²) in [4.78, 5) is 32.8. The van der Waals surface area contributed by atoms with Crippen molar-refractivity contribution in [1.29, 1.82) is 0 Å². The van der Waals surface area contributed by atoms with Crippen LogP contribution in [0.3, 0.4) is 0 Å². The van der Waals surface area contributed by atoms with Gasteiger partial charge in [-0.3, -0.25) is 14.5 Å². The van der Waals surface area contributed by atoms with E-state index >= 15 is 0 Å². The maximum Gasteiger partial charge on any atom is 0.250 e. The highest BCUT2D eigenvalue weighted by Crippen LogP contribution is 2.26. The summed E-state index contributed by atoms with van der Waals surface area (Å²) in [5.74, 6) is 0.104. The van der Waals surface area contributed by atoms with Crippen LogP contribution in [0.1, 0.15) is 29.8 Å². The first-order chi connectivity index (χ1) is 17.9. The van der Waals surface area contributed by atoms with E-state index in [9.17, 15) is 9.59 Å². The highest BCUT2D eigenvalue weighted by atomic mass is 35.5. The number of hydrogen-bond acceptors (Lipinski definition) is 7. The predicted molar refractivity (Wildman–Crippen MR) is 146 cm³/mol. The molecule has 0 saturated carbocycles. The molecule has 37 heavy (non-hydrogen) atoms. The molecule has 1 saturated heterocycles. The zero-order valence-corrected chi connectivity index (χ0v) is 22.6. The molecule has 2 aromatic carbocycles. The fraction of sp³-hybridized carbons (Fsp3) is 0.370. The lowest BCUT2D eigenvalue weighted by atomic mass is 10.2. The lowest BCUT2D eigenvalue weighted by Gasteiger charge is -2.25. The molecular formula is C27H31ClN4O4S. The molecule has 0 radical (unpaired) electrons. The van der Waals surface area contributed by atoms with E-state index in [0.717, 1.165) is 45.7 Å². The molecular weight excluding hydrogens is 512 g/mol. The number of fused-ring (bicyclic) bond motifs is 1. The summed E-state index contributed by atoms with van der Waals surface area (Å²) in [5.41, 5.74) is 2.53. The average molecular weight is 543 g/mol. The molecule has 1 aliphatic heterocycles. The van der Waals surface area contributed by atoms with Crippen LogP contribution in [0.5, 0.6) is 0 Å². The Morgan fingerprint density at radius 1 is 1.27 bits per heavy atom. The topological polar surface area (TPSA) is 84.0 Å². The van der Waals surface area contributed by atoms with Gasteiger partial charge in [0.25, 0.3) is 0 Å². The monoisotopic (exact) mass is 542 g/mol. The number of nitrogens with one attached hydrogen (secondary N) is 1. The first-order valence-electron chi connectivity index (χ1n) is 12.2. The van der Waals surface area contributed by atoms with E-state index in [1.54, 1.807) is 35.4 Å². The number of anilines is 1. The molecule has 2 amide bonds. The molecule has 3 aromatic rings. The van der Waals surface area contributed by atoms with Crippen LogP contribution in [0, 0.1) is 6.92 Å². The minimum absolute atomic E-state index is 0.208. The molecule has 2 heterocycles. The molecule has 0 aliphatic carbocycles. The third-order valence-electron chi connectivity index (χ3n) is 5.98. The summed E-state index contributed by atoms with van der Waals surface area (Å²) in [6.45, 7) is 3.70. The fourth-order valence-corrected chi connectivity index (χ4v) is 4.92. The number of ether oxygens (including phenoxy) is 2. The molecule has 0 bridgehead atoms. The van der Waals surface area contributed by atoms with E-state index in [4.69, 9.17) is 21.1 Å². The van der Waals surface area contributed by atoms with Gasteiger partial charge in [-0.2, -0.15) is 0 Å². The largest absolute Gasteiger partial charge is 0.353 e. The average Bonchev–Trinajstić information content (AvgIpc) is 3.27. The van der Waals surface area contributed by atoms with Gasteiger partial charge in [0.15, 0.2) is 6.29 Å². The molecule has 10 heteroatoms. The Balaban J connectivity index is 1.50. The van der Waals surface area contributed by atoms with Gasteiger partial charge in [0, 0.05) is 37.0 Å². The molecule has 1 aliphatic rings. The first-order valence-corrected chi connectivity index (χ1v) is 13.4. The van der Waals surface area contributed by atoms with Gasteiger partial charge in [-0.25, -0.2) is 4.98 Å². The number of aromatic nitrogens is 1. The quantitative estimate of drug-likeness (QED) is 0.266. The highest BCUT2D eigenvalue weighted by Gasteiger charge is 2.17. The Morgan fingerprint density at radius 3 is 2.81 bits per heavy atom. The van der Waals surface area contributed by atoms with Gasteiger partial charge < -0.3 is 19.7 Å². The minimum atomic E-state index is -0.256. The van der Waals surface area contributed by atoms with Crippen molar-refractivity contribution < 1.29 is 19.1 Å². The summed E-state index contributed by atoms with van der Waals surface area (Å²) in [6.07, 6.45) is 4.94. The van der Waals surface area contributed by atoms with Crippen LogP contribution in [0.4, 0.5) is 5.69 Å². The van der Waals surface area contributed by atoms with Crippen LogP contribution < -0.4 is 5.32 Å². The predicted octanol–water partition coefficient (Wildman–Crippen LogP) is 5.17. The van der Waals surface area contributed by atoms with Crippen molar-refractivity contribution >= 4 is 51.2 Å². The van der Waals surface area contributed by atoms with E-state index in [1.807, 2.05) is 37.3 Å². The van der Waals surface area contributed by atoms with Crippen molar-refractivity contribution in [3.05, 3.63) is 70.0 Å². The zero-order chi connectivity index (χ0) is 26.2. The van der Waals surface area contributed by atoms with Gasteiger partial charge in [-0.1, -0.05) is 23.7 Å². The van der Waals surface area contributed by atoms with Gasteiger partial charge in [0.2, 0.25) is 12.3 Å². The van der Waals surface area contributed by atoms with Crippen LogP contribution in [-0.2, 0) is 25.6 Å². The lowest BCUT2D eigenvalue weighted by Crippen LogP contribution is -2.33.